The maximum atomic E-state index is 11.7. The van der Waals surface area contributed by atoms with Crippen molar-refractivity contribution in [2.75, 3.05) is 51.6 Å². The van der Waals surface area contributed by atoms with E-state index in [1.165, 1.54) is 0 Å². The Hall–Kier alpha value is -3.26. The standard InChI is InChI=1S/C17H19BrN6O7/c18-14-12(1-2-13-15(14)20-4-3-19-13)22-16-21-5-6-23(16)11-30-17(25)29-9-7-28-8-10-31-24(26)27/h1-4H,5-11H2,(H,21,22). The number of aliphatic imine (C=N–C) groups is 1. The third kappa shape index (κ3) is 6.62. The molecule has 1 N–H and O–H groups in total. The van der Waals surface area contributed by atoms with Gasteiger partial charge in [0.1, 0.15) is 18.7 Å². The predicted octanol–water partition coefficient (Wildman–Crippen LogP) is 1.81. The average Bonchev–Trinajstić information content (AvgIpc) is 3.20. The highest BCUT2D eigenvalue weighted by Gasteiger charge is 2.20. The maximum absolute atomic E-state index is 11.7. The van der Waals surface area contributed by atoms with E-state index in [0.717, 1.165) is 15.7 Å². The molecule has 0 amide bonds. The molecule has 166 valence electrons. The van der Waals surface area contributed by atoms with Crippen LogP contribution in [0.5, 0.6) is 0 Å². The summed E-state index contributed by atoms with van der Waals surface area (Å²) >= 11 is 3.53. The smallest absolute Gasteiger partial charge is 0.432 e. The number of ether oxygens (including phenoxy) is 3. The molecule has 0 atom stereocenters. The van der Waals surface area contributed by atoms with Crippen molar-refractivity contribution in [3.63, 3.8) is 0 Å². The van der Waals surface area contributed by atoms with Crippen LogP contribution < -0.4 is 5.32 Å². The van der Waals surface area contributed by atoms with Crippen LogP contribution in [0.3, 0.4) is 0 Å². The molecular weight excluding hydrogens is 480 g/mol. The molecule has 1 aromatic carbocycles. The van der Waals surface area contributed by atoms with Gasteiger partial charge >= 0.3 is 6.16 Å². The monoisotopic (exact) mass is 498 g/mol. The van der Waals surface area contributed by atoms with Gasteiger partial charge in [0.05, 0.1) is 35.4 Å². The number of fused-ring (bicyclic) bond motifs is 1. The summed E-state index contributed by atoms with van der Waals surface area (Å²) in [5.41, 5.74) is 2.22. The second kappa shape index (κ2) is 11.2. The lowest BCUT2D eigenvalue weighted by Crippen LogP contribution is -2.36. The summed E-state index contributed by atoms with van der Waals surface area (Å²) in [7, 11) is 0. The van der Waals surface area contributed by atoms with Gasteiger partial charge in [-0.25, -0.2) is 4.79 Å². The van der Waals surface area contributed by atoms with E-state index in [2.05, 4.69) is 41.0 Å². The number of benzene rings is 1. The molecule has 0 bridgehead atoms. The van der Waals surface area contributed by atoms with Crippen LogP contribution in [0.4, 0.5) is 10.5 Å². The Morgan fingerprint density at radius 2 is 2.00 bits per heavy atom. The summed E-state index contributed by atoms with van der Waals surface area (Å²) in [5, 5.41) is 12.3. The topological polar surface area (TPSA) is 151 Å². The number of halogens is 1. The zero-order valence-corrected chi connectivity index (χ0v) is 17.8. The lowest BCUT2D eigenvalue weighted by molar-refractivity contribution is -0.758. The lowest BCUT2D eigenvalue weighted by atomic mass is 10.2. The van der Waals surface area contributed by atoms with E-state index in [1.807, 2.05) is 12.1 Å². The van der Waals surface area contributed by atoms with Crippen molar-refractivity contribution in [1.29, 1.82) is 0 Å². The summed E-state index contributed by atoms with van der Waals surface area (Å²) in [6, 6.07) is 3.70. The quantitative estimate of drug-likeness (QED) is 0.221. The van der Waals surface area contributed by atoms with Crippen molar-refractivity contribution in [1.82, 2.24) is 14.9 Å². The van der Waals surface area contributed by atoms with E-state index in [-0.39, 0.29) is 33.2 Å². The van der Waals surface area contributed by atoms with Gasteiger partial charge in [-0.3, -0.25) is 15.0 Å². The SMILES string of the molecule is O=C(OCCOCCO[N+](=O)[O-])OCN1CCN=C1Nc1ccc2nccnc2c1Br. The first-order valence-electron chi connectivity index (χ1n) is 9.15. The van der Waals surface area contributed by atoms with Crippen molar-refractivity contribution < 1.29 is 28.9 Å². The van der Waals surface area contributed by atoms with Crippen LogP contribution in [0.25, 0.3) is 11.0 Å². The summed E-state index contributed by atoms with van der Waals surface area (Å²) in [5.74, 6) is 0.547. The molecule has 13 nitrogen and oxygen atoms in total. The first-order valence-corrected chi connectivity index (χ1v) is 9.94. The van der Waals surface area contributed by atoms with Crippen LogP contribution in [0.15, 0.2) is 34.0 Å². The minimum Gasteiger partial charge on any atom is -0.432 e. The molecule has 3 rings (SSSR count). The van der Waals surface area contributed by atoms with Crippen LogP contribution in [0.1, 0.15) is 0 Å². The van der Waals surface area contributed by atoms with E-state index in [9.17, 15) is 14.9 Å². The first-order chi connectivity index (χ1) is 15.0. The van der Waals surface area contributed by atoms with Crippen LogP contribution >= 0.6 is 15.9 Å². The normalized spacial score (nSPS) is 13.1. The molecule has 2 heterocycles. The van der Waals surface area contributed by atoms with Gasteiger partial charge in [0.25, 0.3) is 5.09 Å². The van der Waals surface area contributed by atoms with Crippen LogP contribution in [-0.2, 0) is 19.0 Å². The Labute approximate surface area is 184 Å². The Morgan fingerprint density at radius 1 is 1.19 bits per heavy atom. The van der Waals surface area contributed by atoms with Gasteiger partial charge in [-0.15, -0.1) is 10.1 Å². The second-order valence-electron chi connectivity index (χ2n) is 5.99. The molecule has 0 unspecified atom stereocenters. The molecule has 0 spiro atoms. The Morgan fingerprint density at radius 3 is 2.84 bits per heavy atom. The van der Waals surface area contributed by atoms with Crippen LogP contribution in [-0.4, -0.2) is 78.3 Å². The molecule has 0 fully saturated rings. The summed E-state index contributed by atoms with van der Waals surface area (Å²) in [4.78, 5) is 40.5. The Balaban J connectivity index is 1.40. The largest absolute Gasteiger partial charge is 0.510 e. The van der Waals surface area contributed by atoms with Gasteiger partial charge < -0.3 is 29.3 Å². The number of hydrogen-bond donors (Lipinski definition) is 1. The zero-order valence-electron chi connectivity index (χ0n) is 16.2. The fraction of sp³-hybridized carbons (Fsp3) is 0.412. The van der Waals surface area contributed by atoms with Crippen molar-refractivity contribution in [3.05, 3.63) is 39.1 Å². The molecule has 0 radical (unpaired) electrons. The maximum Gasteiger partial charge on any atom is 0.510 e. The molecule has 0 aliphatic carbocycles. The highest BCUT2D eigenvalue weighted by molar-refractivity contribution is 9.10. The third-order valence-electron chi connectivity index (χ3n) is 3.97. The molecule has 0 saturated carbocycles. The molecule has 2 aromatic rings. The molecule has 14 heteroatoms. The van der Waals surface area contributed by atoms with Gasteiger partial charge in [0.15, 0.2) is 6.73 Å². The number of rotatable bonds is 10. The second-order valence-corrected chi connectivity index (χ2v) is 6.78. The molecular formula is C17H19BrN6O7. The van der Waals surface area contributed by atoms with E-state index in [0.29, 0.717) is 24.6 Å². The predicted molar refractivity (Wildman–Crippen MR) is 111 cm³/mol. The van der Waals surface area contributed by atoms with E-state index < -0.39 is 11.2 Å². The van der Waals surface area contributed by atoms with Gasteiger partial charge in [-0.05, 0) is 28.1 Å². The van der Waals surface area contributed by atoms with E-state index >= 15 is 0 Å². The number of nitrogens with one attached hydrogen (secondary N) is 1. The fourth-order valence-electron chi connectivity index (χ4n) is 2.58. The number of hydrogen-bond acceptors (Lipinski definition) is 12. The minimum atomic E-state index is -0.908. The van der Waals surface area contributed by atoms with Crippen molar-refractivity contribution in [2.24, 2.45) is 4.99 Å². The molecule has 1 aromatic heterocycles. The Bertz CT molecular complexity index is 960. The fourth-order valence-corrected chi connectivity index (χ4v) is 3.11. The van der Waals surface area contributed by atoms with E-state index in [4.69, 9.17) is 14.2 Å². The van der Waals surface area contributed by atoms with Gasteiger partial charge in [0, 0.05) is 18.9 Å². The van der Waals surface area contributed by atoms with Crippen LogP contribution in [0.2, 0.25) is 0 Å². The van der Waals surface area contributed by atoms with Crippen molar-refractivity contribution in [3.8, 4) is 0 Å². The zero-order chi connectivity index (χ0) is 22.1. The van der Waals surface area contributed by atoms with Crippen molar-refractivity contribution >= 4 is 44.8 Å². The number of guanidine groups is 1. The van der Waals surface area contributed by atoms with Gasteiger partial charge in [-0.1, -0.05) is 0 Å². The number of nitrogens with zero attached hydrogens (tertiary/aromatic N) is 5. The molecule has 1 aliphatic heterocycles. The van der Waals surface area contributed by atoms with E-state index in [1.54, 1.807) is 17.3 Å². The summed E-state index contributed by atoms with van der Waals surface area (Å²) < 4.78 is 15.7. The van der Waals surface area contributed by atoms with Crippen molar-refractivity contribution in [2.45, 2.75) is 0 Å². The first kappa shape index (κ1) is 22.4. The molecule has 1 aliphatic rings. The number of aromatic nitrogens is 2. The van der Waals surface area contributed by atoms with Gasteiger partial charge in [-0.2, -0.15) is 0 Å². The molecule has 31 heavy (non-hydrogen) atoms. The highest BCUT2D eigenvalue weighted by atomic mass is 79.9. The number of carbonyl (C=O) groups is 1. The number of anilines is 1. The summed E-state index contributed by atoms with van der Waals surface area (Å²) in [6.07, 6.45) is 2.37. The average molecular weight is 499 g/mol. The highest BCUT2D eigenvalue weighted by Crippen LogP contribution is 2.29. The lowest BCUT2D eigenvalue weighted by Gasteiger charge is -2.21. The Kier molecular flexibility index (Phi) is 8.12. The third-order valence-corrected chi connectivity index (χ3v) is 4.77. The number of carbonyl (C=O) groups excluding carboxylic acids is 1. The van der Waals surface area contributed by atoms with Crippen LogP contribution in [0, 0.1) is 10.1 Å². The molecule has 0 saturated heterocycles. The summed E-state index contributed by atoms with van der Waals surface area (Å²) in [6.45, 7) is 0.893. The van der Waals surface area contributed by atoms with Gasteiger partial charge in [0.2, 0.25) is 5.96 Å². The minimum absolute atomic E-state index is 0.00851.